The molecule has 2 aromatic carbocycles. The second kappa shape index (κ2) is 6.66. The van der Waals surface area contributed by atoms with Gasteiger partial charge in [0.1, 0.15) is 23.0 Å². The van der Waals surface area contributed by atoms with E-state index in [0.717, 1.165) is 11.1 Å². The number of carboxylic acids is 2. The van der Waals surface area contributed by atoms with Gasteiger partial charge >= 0.3 is 11.9 Å². The van der Waals surface area contributed by atoms with Gasteiger partial charge in [-0.05, 0) is 49.0 Å². The molecule has 2 bridgehead atoms. The highest BCUT2D eigenvalue weighted by Gasteiger charge is 2.76. The zero-order valence-electron chi connectivity index (χ0n) is 17.5. The first-order valence-corrected chi connectivity index (χ1v) is 10.5. The number of hydrogen-bond donors (Lipinski definition) is 2. The summed E-state index contributed by atoms with van der Waals surface area (Å²) < 4.78 is 6.85. The number of rotatable bonds is 4. The Morgan fingerprint density at radius 1 is 0.742 bits per heavy atom. The van der Waals surface area contributed by atoms with Gasteiger partial charge in [0.2, 0.25) is 0 Å². The number of hydrogen-bond acceptors (Lipinski definition) is 3. The highest BCUT2D eigenvalue weighted by atomic mass is 16.5. The minimum Gasteiger partial charge on any atom is -0.481 e. The molecule has 3 aliphatic rings. The van der Waals surface area contributed by atoms with Crippen molar-refractivity contribution >= 4 is 11.9 Å². The van der Waals surface area contributed by atoms with Crippen LogP contribution in [0.25, 0.3) is 0 Å². The first kappa shape index (κ1) is 19.8. The summed E-state index contributed by atoms with van der Waals surface area (Å²) in [7, 11) is 0. The van der Waals surface area contributed by atoms with Gasteiger partial charge in [-0.2, -0.15) is 0 Å². The van der Waals surface area contributed by atoms with Crippen LogP contribution < -0.4 is 0 Å². The van der Waals surface area contributed by atoms with Crippen molar-refractivity contribution in [2.24, 2.45) is 11.8 Å². The number of ether oxygens (including phenoxy) is 1. The highest BCUT2D eigenvalue weighted by molar-refractivity contribution is 5.87. The SMILES string of the molecule is CC1=C(C)CC2=C(C1)C1(c3ccccc3)OC2(c2ccccc2)C(C(=O)O)C1C(=O)O. The third kappa shape index (κ3) is 2.41. The summed E-state index contributed by atoms with van der Waals surface area (Å²) in [6, 6.07) is 18.5. The van der Waals surface area contributed by atoms with Crippen LogP contribution in [0.4, 0.5) is 0 Å². The van der Waals surface area contributed by atoms with E-state index in [4.69, 9.17) is 4.74 Å². The maximum absolute atomic E-state index is 12.7. The molecule has 158 valence electrons. The molecule has 0 radical (unpaired) electrons. The van der Waals surface area contributed by atoms with Crippen molar-refractivity contribution in [2.75, 3.05) is 0 Å². The Labute approximate surface area is 180 Å². The quantitative estimate of drug-likeness (QED) is 0.709. The summed E-state index contributed by atoms with van der Waals surface area (Å²) >= 11 is 0. The first-order chi connectivity index (χ1) is 14.8. The van der Waals surface area contributed by atoms with Crippen molar-refractivity contribution in [3.63, 3.8) is 0 Å². The molecule has 0 saturated carbocycles. The van der Waals surface area contributed by atoms with E-state index in [1.807, 2.05) is 60.7 Å². The van der Waals surface area contributed by atoms with E-state index in [-0.39, 0.29) is 0 Å². The standard InChI is InChI=1S/C26H24O5/c1-15-13-19-20(14-16(15)2)26(18-11-7-4-8-12-18)22(24(29)30)21(23(27)28)25(19,31-26)17-9-5-3-6-10-17/h3-12,21-22H,13-14H2,1-2H3,(H,27,28)(H,29,30). The van der Waals surface area contributed by atoms with E-state index in [1.165, 1.54) is 11.1 Å². The lowest BCUT2D eigenvalue weighted by atomic mass is 9.57. The summed E-state index contributed by atoms with van der Waals surface area (Å²) in [6.45, 7) is 4.12. The van der Waals surface area contributed by atoms with Gasteiger partial charge < -0.3 is 14.9 Å². The second-order valence-corrected chi connectivity index (χ2v) is 8.81. The number of allylic oxidation sites excluding steroid dienone is 2. The van der Waals surface area contributed by atoms with E-state index in [9.17, 15) is 19.8 Å². The van der Waals surface area contributed by atoms with Crippen LogP contribution in [0.5, 0.6) is 0 Å². The van der Waals surface area contributed by atoms with Crippen molar-refractivity contribution in [1.29, 1.82) is 0 Å². The first-order valence-electron chi connectivity index (χ1n) is 10.5. The molecule has 5 nitrogen and oxygen atoms in total. The van der Waals surface area contributed by atoms with E-state index in [0.29, 0.717) is 24.0 Å². The number of fused-ring (bicyclic) bond motifs is 4. The smallest absolute Gasteiger partial charge is 0.311 e. The van der Waals surface area contributed by atoms with Gasteiger partial charge in [0.25, 0.3) is 0 Å². The molecule has 2 aliphatic heterocycles. The maximum Gasteiger partial charge on any atom is 0.311 e. The van der Waals surface area contributed by atoms with Crippen molar-refractivity contribution in [3.05, 3.63) is 94.1 Å². The molecular weight excluding hydrogens is 392 g/mol. The van der Waals surface area contributed by atoms with Gasteiger partial charge in [0, 0.05) is 0 Å². The van der Waals surface area contributed by atoms with Crippen LogP contribution in [0, 0.1) is 11.8 Å². The van der Waals surface area contributed by atoms with Gasteiger partial charge in [-0.3, -0.25) is 9.59 Å². The summed E-state index contributed by atoms with van der Waals surface area (Å²) in [5.41, 5.74) is 2.96. The number of carbonyl (C=O) groups is 2. The van der Waals surface area contributed by atoms with Crippen molar-refractivity contribution < 1.29 is 24.5 Å². The minimum atomic E-state index is -1.32. The van der Waals surface area contributed by atoms with Crippen LogP contribution in [-0.4, -0.2) is 22.2 Å². The van der Waals surface area contributed by atoms with E-state index in [2.05, 4.69) is 13.8 Å². The topological polar surface area (TPSA) is 83.8 Å². The number of benzene rings is 2. The minimum absolute atomic E-state index is 0.584. The average molecular weight is 416 g/mol. The fraction of sp³-hybridized carbons (Fsp3) is 0.308. The molecule has 5 heteroatoms. The molecule has 2 heterocycles. The monoisotopic (exact) mass is 416 g/mol. The van der Waals surface area contributed by atoms with E-state index in [1.54, 1.807) is 0 Å². The van der Waals surface area contributed by atoms with Crippen LogP contribution in [0.1, 0.15) is 37.8 Å². The lowest BCUT2D eigenvalue weighted by Crippen LogP contribution is -2.48. The Kier molecular flexibility index (Phi) is 4.25. The summed E-state index contributed by atoms with van der Waals surface area (Å²) in [6.07, 6.45) is 1.17. The zero-order valence-corrected chi connectivity index (χ0v) is 17.5. The van der Waals surface area contributed by atoms with Crippen LogP contribution in [-0.2, 0) is 25.5 Å². The van der Waals surface area contributed by atoms with E-state index < -0.39 is 35.0 Å². The van der Waals surface area contributed by atoms with Crippen molar-refractivity contribution in [1.82, 2.24) is 0 Å². The Bertz CT molecular complexity index is 1060. The molecule has 0 aromatic heterocycles. The molecule has 4 unspecified atom stereocenters. The van der Waals surface area contributed by atoms with Gasteiger partial charge in [-0.1, -0.05) is 71.8 Å². The lowest BCUT2D eigenvalue weighted by Gasteiger charge is -2.41. The summed E-state index contributed by atoms with van der Waals surface area (Å²) in [5.74, 6) is -4.77. The Hall–Kier alpha value is -3.18. The molecule has 5 rings (SSSR count). The van der Waals surface area contributed by atoms with Gasteiger partial charge in [-0.15, -0.1) is 0 Å². The Balaban J connectivity index is 1.89. The largest absolute Gasteiger partial charge is 0.481 e. The van der Waals surface area contributed by atoms with Crippen LogP contribution in [0.3, 0.4) is 0 Å². The Morgan fingerprint density at radius 2 is 1.10 bits per heavy atom. The molecule has 1 aliphatic carbocycles. The third-order valence-electron chi connectivity index (χ3n) is 7.34. The molecule has 4 atom stereocenters. The van der Waals surface area contributed by atoms with Gasteiger partial charge in [-0.25, -0.2) is 0 Å². The maximum atomic E-state index is 12.7. The molecule has 1 saturated heterocycles. The fourth-order valence-corrected chi connectivity index (χ4v) is 5.94. The Morgan fingerprint density at radius 3 is 1.42 bits per heavy atom. The van der Waals surface area contributed by atoms with Crippen LogP contribution in [0.2, 0.25) is 0 Å². The highest BCUT2D eigenvalue weighted by Crippen LogP contribution is 2.71. The predicted molar refractivity (Wildman–Crippen MR) is 114 cm³/mol. The lowest BCUT2D eigenvalue weighted by molar-refractivity contribution is -0.155. The zero-order chi connectivity index (χ0) is 22.0. The molecule has 0 amide bonds. The average Bonchev–Trinajstić information content (AvgIpc) is 3.25. The third-order valence-corrected chi connectivity index (χ3v) is 7.34. The molecule has 1 fully saturated rings. The normalized spacial score (nSPS) is 31.7. The fourth-order valence-electron chi connectivity index (χ4n) is 5.94. The number of carboxylic acid groups (broad SMARTS) is 2. The second-order valence-electron chi connectivity index (χ2n) is 8.81. The van der Waals surface area contributed by atoms with Gasteiger partial charge in [0.05, 0.1) is 0 Å². The van der Waals surface area contributed by atoms with Crippen molar-refractivity contribution in [3.8, 4) is 0 Å². The van der Waals surface area contributed by atoms with Gasteiger partial charge in [0.15, 0.2) is 0 Å². The van der Waals surface area contributed by atoms with Crippen LogP contribution in [0.15, 0.2) is 83.0 Å². The predicted octanol–water partition coefficient (Wildman–Crippen LogP) is 4.65. The molecule has 31 heavy (non-hydrogen) atoms. The molecule has 0 spiro atoms. The van der Waals surface area contributed by atoms with Crippen molar-refractivity contribution in [2.45, 2.75) is 37.9 Å². The molecular formula is C26H24O5. The number of aliphatic carboxylic acids is 2. The van der Waals surface area contributed by atoms with E-state index >= 15 is 0 Å². The molecule has 2 N–H and O–H groups in total. The summed E-state index contributed by atoms with van der Waals surface area (Å²) in [4.78, 5) is 25.4. The van der Waals surface area contributed by atoms with Crippen LogP contribution >= 0.6 is 0 Å². The summed E-state index contributed by atoms with van der Waals surface area (Å²) in [5, 5.41) is 20.7. The molecule has 2 aromatic rings.